The number of methoxy groups -OCH3 is 1. The SMILES string of the molecule is C=C(C)[C@H]1CC[C@@]2(C(=O)OC)CC[C@]3(C)[C@H](CC[C@H]4[C@@]5(C)C/C(=C/c6ccc(Cl)cc6)C(=O)C(C)(C)[C@H]5CC[C@@]43C)[C@@H]12. The van der Waals surface area contributed by atoms with Crippen LogP contribution in [0.4, 0.5) is 0 Å². The van der Waals surface area contributed by atoms with Crippen LogP contribution >= 0.6 is 11.6 Å². The van der Waals surface area contributed by atoms with Crippen molar-refractivity contribution in [3.63, 3.8) is 0 Å². The molecular weight excluding hydrogens is 540 g/mol. The monoisotopic (exact) mass is 590 g/mol. The van der Waals surface area contributed by atoms with Crippen molar-refractivity contribution in [3.8, 4) is 0 Å². The number of rotatable bonds is 3. The van der Waals surface area contributed by atoms with Gasteiger partial charge < -0.3 is 4.74 Å². The van der Waals surface area contributed by atoms with Crippen LogP contribution in [0.1, 0.15) is 105 Å². The van der Waals surface area contributed by atoms with Gasteiger partial charge in [-0.15, -0.1) is 0 Å². The van der Waals surface area contributed by atoms with E-state index in [0.29, 0.717) is 40.4 Å². The first kappa shape index (κ1) is 30.2. The molecule has 1 aromatic rings. The first-order valence-corrected chi connectivity index (χ1v) is 16.8. The van der Waals surface area contributed by atoms with E-state index in [9.17, 15) is 9.59 Å². The third-order valence-corrected chi connectivity index (χ3v) is 14.7. The highest BCUT2D eigenvalue weighted by atomic mass is 35.5. The quantitative estimate of drug-likeness (QED) is 0.200. The van der Waals surface area contributed by atoms with Crippen LogP contribution in [0.25, 0.3) is 6.08 Å². The summed E-state index contributed by atoms with van der Waals surface area (Å²) in [5, 5.41) is 0.715. The predicted molar refractivity (Wildman–Crippen MR) is 171 cm³/mol. The Balaban J connectivity index is 1.41. The average Bonchev–Trinajstić information content (AvgIpc) is 3.34. The van der Waals surface area contributed by atoms with Crippen LogP contribution in [-0.2, 0) is 14.3 Å². The van der Waals surface area contributed by atoms with Crippen LogP contribution in [0.5, 0.6) is 0 Å². The van der Waals surface area contributed by atoms with E-state index in [0.717, 1.165) is 62.5 Å². The zero-order valence-corrected chi connectivity index (χ0v) is 27.7. The van der Waals surface area contributed by atoms with Gasteiger partial charge in [0, 0.05) is 10.4 Å². The van der Waals surface area contributed by atoms with Crippen LogP contribution in [-0.4, -0.2) is 18.9 Å². The van der Waals surface area contributed by atoms with Crippen molar-refractivity contribution in [3.05, 3.63) is 52.6 Å². The summed E-state index contributed by atoms with van der Waals surface area (Å²) >= 11 is 6.18. The van der Waals surface area contributed by atoms with E-state index in [1.165, 1.54) is 12.0 Å². The van der Waals surface area contributed by atoms with Crippen molar-refractivity contribution in [2.45, 2.75) is 99.3 Å². The molecule has 0 unspecified atom stereocenters. The fourth-order valence-corrected chi connectivity index (χ4v) is 12.6. The van der Waals surface area contributed by atoms with Crippen molar-refractivity contribution >= 4 is 29.4 Å². The Labute approximate surface area is 258 Å². The molecule has 0 aromatic heterocycles. The number of esters is 1. The van der Waals surface area contributed by atoms with Gasteiger partial charge in [-0.05, 0) is 140 Å². The third-order valence-electron chi connectivity index (χ3n) is 14.5. The number of halogens is 1. The summed E-state index contributed by atoms with van der Waals surface area (Å²) in [5.41, 5.74) is 2.83. The minimum absolute atomic E-state index is 0.0192. The first-order valence-electron chi connectivity index (χ1n) is 16.4. The van der Waals surface area contributed by atoms with Gasteiger partial charge in [0.15, 0.2) is 5.78 Å². The molecule has 228 valence electrons. The van der Waals surface area contributed by atoms with Gasteiger partial charge in [-0.1, -0.05) is 70.5 Å². The zero-order chi connectivity index (χ0) is 30.5. The largest absolute Gasteiger partial charge is 0.469 e. The summed E-state index contributed by atoms with van der Waals surface area (Å²) in [6, 6.07) is 7.87. The van der Waals surface area contributed by atoms with Crippen LogP contribution in [0.3, 0.4) is 0 Å². The van der Waals surface area contributed by atoms with Crippen molar-refractivity contribution in [2.75, 3.05) is 7.11 Å². The second-order valence-corrected chi connectivity index (χ2v) is 16.7. The Morgan fingerprint density at radius 3 is 2.26 bits per heavy atom. The number of ether oxygens (including phenoxy) is 1. The molecule has 0 spiro atoms. The average molecular weight is 591 g/mol. The molecule has 5 aliphatic carbocycles. The van der Waals surface area contributed by atoms with Crippen LogP contribution in [0, 0.1) is 56.7 Å². The number of fused-ring (bicyclic) bond motifs is 7. The van der Waals surface area contributed by atoms with Crippen LogP contribution in [0.15, 0.2) is 42.0 Å². The molecule has 5 aliphatic rings. The highest BCUT2D eigenvalue weighted by Crippen LogP contribution is 2.77. The van der Waals surface area contributed by atoms with E-state index in [1.807, 2.05) is 24.3 Å². The Hall–Kier alpha value is -1.87. The molecule has 42 heavy (non-hydrogen) atoms. The molecule has 9 atom stereocenters. The van der Waals surface area contributed by atoms with E-state index >= 15 is 0 Å². The van der Waals surface area contributed by atoms with Crippen molar-refractivity contribution in [1.29, 1.82) is 0 Å². The van der Waals surface area contributed by atoms with Crippen LogP contribution in [0.2, 0.25) is 5.02 Å². The Morgan fingerprint density at radius 2 is 1.62 bits per heavy atom. The normalized spacial score (nSPS) is 44.9. The number of hydrogen-bond acceptors (Lipinski definition) is 3. The maximum atomic E-state index is 14.1. The van der Waals surface area contributed by atoms with Gasteiger partial charge in [0.05, 0.1) is 12.5 Å². The topological polar surface area (TPSA) is 43.4 Å². The van der Waals surface area contributed by atoms with Crippen LogP contribution < -0.4 is 0 Å². The third kappa shape index (κ3) is 3.90. The second-order valence-electron chi connectivity index (χ2n) is 16.3. The molecule has 0 radical (unpaired) electrons. The standard InChI is InChI=1S/C38H51ClO3/c1-23(2)27-15-18-38(33(41)42-8)20-19-36(6)28(31(27)38)13-14-30-35(5)22-25(21-24-9-11-26(39)12-10-24)32(40)34(3,4)29(35)16-17-37(30,36)7/h9-12,21,27-31H,1,13-20,22H2,2-8H3/b25-21-/t27-,28-,29-,30+,31-,35+,36-,37+,38-/m1/s1. The second kappa shape index (κ2) is 9.82. The van der Waals surface area contributed by atoms with E-state index in [2.05, 4.69) is 54.2 Å². The number of Topliss-reactive ketones (excluding diaryl/α,β-unsaturated/α-hetero) is 1. The number of benzene rings is 1. The molecule has 3 nitrogen and oxygen atoms in total. The molecule has 5 saturated carbocycles. The van der Waals surface area contributed by atoms with Gasteiger partial charge in [-0.2, -0.15) is 0 Å². The Kier molecular flexibility index (Phi) is 7.05. The molecule has 0 aliphatic heterocycles. The van der Waals surface area contributed by atoms with Gasteiger partial charge in [-0.25, -0.2) is 0 Å². The minimum Gasteiger partial charge on any atom is -0.469 e. The smallest absolute Gasteiger partial charge is 0.312 e. The molecule has 6 rings (SSSR count). The van der Waals surface area contributed by atoms with Gasteiger partial charge in [0.25, 0.3) is 0 Å². The molecule has 1 aromatic carbocycles. The Morgan fingerprint density at radius 1 is 0.929 bits per heavy atom. The Bertz CT molecular complexity index is 1340. The lowest BCUT2D eigenvalue weighted by Gasteiger charge is -2.72. The zero-order valence-electron chi connectivity index (χ0n) is 26.9. The molecule has 5 fully saturated rings. The number of carbonyl (C=O) groups is 2. The molecule has 0 heterocycles. The summed E-state index contributed by atoms with van der Waals surface area (Å²) in [4.78, 5) is 27.6. The maximum absolute atomic E-state index is 14.1. The number of hydrogen-bond donors (Lipinski definition) is 0. The summed E-state index contributed by atoms with van der Waals surface area (Å²) < 4.78 is 5.54. The fraction of sp³-hybridized carbons (Fsp3) is 0.684. The molecule has 0 N–H and O–H groups in total. The molecular formula is C38H51ClO3. The maximum Gasteiger partial charge on any atom is 0.312 e. The van der Waals surface area contributed by atoms with Gasteiger partial charge in [0.2, 0.25) is 0 Å². The lowest BCUT2D eigenvalue weighted by atomic mass is 9.32. The molecule has 4 heteroatoms. The number of ketones is 1. The highest BCUT2D eigenvalue weighted by Gasteiger charge is 2.72. The summed E-state index contributed by atoms with van der Waals surface area (Å²) in [5.74, 6) is 2.42. The highest BCUT2D eigenvalue weighted by molar-refractivity contribution is 6.30. The first-order chi connectivity index (χ1) is 19.7. The summed E-state index contributed by atoms with van der Waals surface area (Å²) in [7, 11) is 1.58. The van der Waals surface area contributed by atoms with E-state index in [4.69, 9.17) is 16.3 Å². The van der Waals surface area contributed by atoms with Gasteiger partial charge in [-0.3, -0.25) is 9.59 Å². The van der Waals surface area contributed by atoms with E-state index in [-0.39, 0.29) is 27.6 Å². The van der Waals surface area contributed by atoms with E-state index in [1.54, 1.807) is 7.11 Å². The van der Waals surface area contributed by atoms with Gasteiger partial charge in [0.1, 0.15) is 0 Å². The predicted octanol–water partition coefficient (Wildman–Crippen LogP) is 9.73. The molecule has 0 saturated heterocycles. The summed E-state index contributed by atoms with van der Waals surface area (Å²) in [6.45, 7) is 18.8. The van der Waals surface area contributed by atoms with Gasteiger partial charge >= 0.3 is 5.97 Å². The number of carbonyl (C=O) groups excluding carboxylic acids is 2. The fourth-order valence-electron chi connectivity index (χ4n) is 12.4. The molecule has 0 bridgehead atoms. The van der Waals surface area contributed by atoms with E-state index < -0.39 is 5.41 Å². The number of allylic oxidation sites excluding steroid dienone is 2. The minimum atomic E-state index is -0.395. The van der Waals surface area contributed by atoms with Crippen molar-refractivity contribution in [2.24, 2.45) is 56.7 Å². The lowest BCUT2D eigenvalue weighted by molar-refractivity contribution is -0.232. The molecule has 0 amide bonds. The van der Waals surface area contributed by atoms with Crippen molar-refractivity contribution < 1.29 is 14.3 Å². The van der Waals surface area contributed by atoms with Crippen molar-refractivity contribution in [1.82, 2.24) is 0 Å². The lowest BCUT2D eigenvalue weighted by Crippen LogP contribution is -2.67. The summed E-state index contributed by atoms with van der Waals surface area (Å²) in [6.07, 6.45) is 11.5.